The van der Waals surface area contributed by atoms with Gasteiger partial charge in [-0.05, 0) is 38.5 Å². The zero-order valence-corrected chi connectivity index (χ0v) is 13.5. The van der Waals surface area contributed by atoms with Crippen molar-refractivity contribution in [3.63, 3.8) is 0 Å². The number of nitrogens with two attached hydrogens (primary N) is 1. The third kappa shape index (κ3) is 3.53. The van der Waals surface area contributed by atoms with E-state index >= 15 is 0 Å². The zero-order chi connectivity index (χ0) is 14.8. The highest BCUT2D eigenvalue weighted by molar-refractivity contribution is 7.91. The van der Waals surface area contributed by atoms with Crippen LogP contribution in [0.3, 0.4) is 0 Å². The molecule has 1 atom stereocenters. The molecular weight excluding hydrogens is 276 g/mol. The van der Waals surface area contributed by atoms with E-state index in [1.807, 2.05) is 0 Å². The highest BCUT2D eigenvalue weighted by Gasteiger charge is 2.45. The molecule has 5 nitrogen and oxygen atoms in total. The number of hydrogen-bond acceptors (Lipinski definition) is 5. The minimum atomic E-state index is -2.86. The second-order valence-corrected chi connectivity index (χ2v) is 8.65. The van der Waals surface area contributed by atoms with E-state index in [4.69, 9.17) is 10.5 Å². The van der Waals surface area contributed by atoms with E-state index < -0.39 is 9.84 Å². The predicted octanol–water partition coefficient (Wildman–Crippen LogP) is 0.639. The fourth-order valence-electron chi connectivity index (χ4n) is 3.42. The van der Waals surface area contributed by atoms with Crippen LogP contribution in [0.15, 0.2) is 0 Å². The molecule has 20 heavy (non-hydrogen) atoms. The Bertz CT molecular complexity index is 406. The van der Waals surface area contributed by atoms with Crippen LogP contribution in [0.5, 0.6) is 0 Å². The lowest BCUT2D eigenvalue weighted by Crippen LogP contribution is -2.61. The monoisotopic (exact) mass is 304 g/mol. The molecule has 1 saturated carbocycles. The topological polar surface area (TPSA) is 72.6 Å². The molecule has 1 saturated heterocycles. The molecule has 6 heteroatoms. The van der Waals surface area contributed by atoms with Gasteiger partial charge in [-0.15, -0.1) is 0 Å². The first-order valence-electron chi connectivity index (χ1n) is 7.60. The standard InChI is InChI=1S/C14H28N2O3S/c1-12(13-3-4-13)16(7-8-19-2)14(11-15)5-9-20(17,18)10-6-14/h12-13H,3-11,15H2,1-2H3. The van der Waals surface area contributed by atoms with Crippen molar-refractivity contribution in [3.05, 3.63) is 0 Å². The lowest BCUT2D eigenvalue weighted by atomic mass is 9.87. The van der Waals surface area contributed by atoms with E-state index in [9.17, 15) is 8.42 Å². The van der Waals surface area contributed by atoms with Crippen LogP contribution in [-0.4, -0.2) is 63.2 Å². The van der Waals surface area contributed by atoms with Crippen LogP contribution in [-0.2, 0) is 14.6 Å². The van der Waals surface area contributed by atoms with Crippen LogP contribution in [0.4, 0.5) is 0 Å². The Morgan fingerprint density at radius 1 is 1.35 bits per heavy atom. The molecule has 1 unspecified atom stereocenters. The molecule has 2 N–H and O–H groups in total. The number of sulfone groups is 1. The van der Waals surface area contributed by atoms with Crippen LogP contribution in [0, 0.1) is 5.92 Å². The van der Waals surface area contributed by atoms with Gasteiger partial charge >= 0.3 is 0 Å². The molecule has 0 aromatic rings. The summed E-state index contributed by atoms with van der Waals surface area (Å²) in [5.41, 5.74) is 5.92. The van der Waals surface area contributed by atoms with E-state index in [0.29, 0.717) is 32.0 Å². The first-order chi connectivity index (χ1) is 9.44. The Morgan fingerprint density at radius 2 is 1.95 bits per heavy atom. The van der Waals surface area contributed by atoms with Crippen molar-refractivity contribution in [3.8, 4) is 0 Å². The number of methoxy groups -OCH3 is 1. The number of ether oxygens (including phenoxy) is 1. The highest BCUT2D eigenvalue weighted by Crippen LogP contribution is 2.40. The Kier molecular flexibility index (Phi) is 5.10. The lowest BCUT2D eigenvalue weighted by Gasteiger charge is -2.49. The van der Waals surface area contributed by atoms with Gasteiger partial charge in [0.1, 0.15) is 9.84 Å². The van der Waals surface area contributed by atoms with Gasteiger partial charge in [0, 0.05) is 31.8 Å². The van der Waals surface area contributed by atoms with Crippen molar-refractivity contribution in [1.82, 2.24) is 4.90 Å². The molecule has 1 aliphatic heterocycles. The van der Waals surface area contributed by atoms with Gasteiger partial charge in [-0.2, -0.15) is 0 Å². The molecule has 2 aliphatic rings. The van der Waals surface area contributed by atoms with Crippen molar-refractivity contribution in [2.75, 3.05) is 38.3 Å². The maximum Gasteiger partial charge on any atom is 0.150 e. The molecule has 0 radical (unpaired) electrons. The Hall–Kier alpha value is -0.170. The fourth-order valence-corrected chi connectivity index (χ4v) is 5.01. The maximum absolute atomic E-state index is 11.7. The third-order valence-corrected chi connectivity index (χ3v) is 6.73. The summed E-state index contributed by atoms with van der Waals surface area (Å²) in [6.45, 7) is 4.30. The normalized spacial score (nSPS) is 26.6. The second-order valence-electron chi connectivity index (χ2n) is 6.34. The Labute approximate surface area is 122 Å². The molecular formula is C14H28N2O3S. The van der Waals surface area contributed by atoms with Gasteiger partial charge in [0.25, 0.3) is 0 Å². The third-order valence-electron chi connectivity index (χ3n) is 5.08. The molecule has 0 spiro atoms. The van der Waals surface area contributed by atoms with E-state index in [-0.39, 0.29) is 17.0 Å². The zero-order valence-electron chi connectivity index (χ0n) is 12.7. The fraction of sp³-hybridized carbons (Fsp3) is 1.00. The number of nitrogens with zero attached hydrogens (tertiary/aromatic N) is 1. The molecule has 0 aromatic carbocycles. The first kappa shape index (κ1) is 16.2. The van der Waals surface area contributed by atoms with E-state index in [0.717, 1.165) is 12.5 Å². The molecule has 1 aliphatic carbocycles. The Morgan fingerprint density at radius 3 is 2.40 bits per heavy atom. The van der Waals surface area contributed by atoms with E-state index in [1.165, 1.54) is 12.8 Å². The van der Waals surface area contributed by atoms with Crippen molar-refractivity contribution >= 4 is 9.84 Å². The minimum absolute atomic E-state index is 0.161. The smallest absolute Gasteiger partial charge is 0.150 e. The summed E-state index contributed by atoms with van der Waals surface area (Å²) in [5.74, 6) is 1.28. The molecule has 118 valence electrons. The van der Waals surface area contributed by atoms with Crippen LogP contribution in [0.2, 0.25) is 0 Å². The summed E-state index contributed by atoms with van der Waals surface area (Å²) in [7, 11) is -1.15. The molecule has 2 rings (SSSR count). The van der Waals surface area contributed by atoms with Gasteiger partial charge in [0.05, 0.1) is 18.1 Å². The van der Waals surface area contributed by atoms with Crippen LogP contribution in [0.1, 0.15) is 32.6 Å². The van der Waals surface area contributed by atoms with Gasteiger partial charge < -0.3 is 10.5 Å². The largest absolute Gasteiger partial charge is 0.383 e. The maximum atomic E-state index is 11.7. The molecule has 0 bridgehead atoms. The lowest BCUT2D eigenvalue weighted by molar-refractivity contribution is 0.0144. The van der Waals surface area contributed by atoms with E-state index in [1.54, 1.807) is 7.11 Å². The highest BCUT2D eigenvalue weighted by atomic mass is 32.2. The first-order valence-corrected chi connectivity index (χ1v) is 9.42. The molecule has 0 aromatic heterocycles. The summed E-state index contributed by atoms with van der Waals surface area (Å²) in [6, 6.07) is 0.467. The number of rotatable bonds is 7. The summed E-state index contributed by atoms with van der Waals surface area (Å²) in [6.07, 6.45) is 3.88. The Balaban J connectivity index is 2.14. The van der Waals surface area contributed by atoms with Crippen LogP contribution >= 0.6 is 0 Å². The van der Waals surface area contributed by atoms with Gasteiger partial charge in [0.2, 0.25) is 0 Å². The SMILES string of the molecule is COCCN(C(C)C1CC1)C1(CN)CCS(=O)(=O)CC1. The van der Waals surface area contributed by atoms with Crippen molar-refractivity contribution in [1.29, 1.82) is 0 Å². The second kappa shape index (κ2) is 6.30. The molecule has 2 fully saturated rings. The predicted molar refractivity (Wildman–Crippen MR) is 80.4 cm³/mol. The number of hydrogen-bond donors (Lipinski definition) is 1. The van der Waals surface area contributed by atoms with Crippen LogP contribution in [0.25, 0.3) is 0 Å². The van der Waals surface area contributed by atoms with Crippen LogP contribution < -0.4 is 5.73 Å². The van der Waals surface area contributed by atoms with Crippen molar-refractivity contribution < 1.29 is 13.2 Å². The average Bonchev–Trinajstić information content (AvgIpc) is 3.25. The van der Waals surface area contributed by atoms with Gasteiger partial charge in [0.15, 0.2) is 0 Å². The minimum Gasteiger partial charge on any atom is -0.383 e. The van der Waals surface area contributed by atoms with Crippen molar-refractivity contribution in [2.24, 2.45) is 11.7 Å². The quantitative estimate of drug-likeness (QED) is 0.747. The summed E-state index contributed by atoms with van der Waals surface area (Å²) in [4.78, 5) is 2.45. The van der Waals surface area contributed by atoms with Gasteiger partial charge in [-0.25, -0.2) is 8.42 Å². The van der Waals surface area contributed by atoms with E-state index in [2.05, 4.69) is 11.8 Å². The van der Waals surface area contributed by atoms with Gasteiger partial charge in [-0.3, -0.25) is 4.90 Å². The molecule has 0 amide bonds. The molecule has 1 heterocycles. The summed E-state index contributed by atoms with van der Waals surface area (Å²) in [5, 5.41) is 0. The van der Waals surface area contributed by atoms with Crippen molar-refractivity contribution in [2.45, 2.75) is 44.2 Å². The summed E-state index contributed by atoms with van der Waals surface area (Å²) >= 11 is 0. The summed E-state index contributed by atoms with van der Waals surface area (Å²) < 4.78 is 28.7. The van der Waals surface area contributed by atoms with Gasteiger partial charge in [-0.1, -0.05) is 0 Å². The average molecular weight is 304 g/mol.